The Labute approximate surface area is 172 Å². The molecule has 3 rings (SSSR count). The maximum atomic E-state index is 12.5. The highest BCUT2D eigenvalue weighted by atomic mass is 32.1. The number of aryl methyl sites for hydroxylation is 1. The van der Waals surface area contributed by atoms with Gasteiger partial charge in [0.15, 0.2) is 0 Å². The van der Waals surface area contributed by atoms with Gasteiger partial charge in [-0.05, 0) is 50.2 Å². The van der Waals surface area contributed by atoms with E-state index in [1.807, 2.05) is 17.4 Å². The molecule has 4 heteroatoms. The zero-order valence-electron chi connectivity index (χ0n) is 16.9. The average molecular weight is 407 g/mol. The van der Waals surface area contributed by atoms with Crippen molar-refractivity contribution in [1.29, 1.82) is 0 Å². The molecular formula is C23H34O2S2. The first-order valence-electron chi connectivity index (χ1n) is 10.9. The molecule has 0 unspecified atom stereocenters. The third kappa shape index (κ3) is 6.05. The maximum Gasteiger partial charge on any atom is 0.348 e. The van der Waals surface area contributed by atoms with E-state index in [0.29, 0.717) is 0 Å². The number of rotatable bonds is 10. The van der Waals surface area contributed by atoms with Crippen LogP contribution in [0.1, 0.15) is 99.0 Å². The van der Waals surface area contributed by atoms with Crippen LogP contribution in [0, 0.1) is 5.92 Å². The third-order valence-electron chi connectivity index (χ3n) is 5.74. The molecule has 2 nitrogen and oxygen atoms in total. The van der Waals surface area contributed by atoms with Crippen LogP contribution in [0.3, 0.4) is 0 Å². The summed E-state index contributed by atoms with van der Waals surface area (Å²) in [5.41, 5.74) is 0. The fourth-order valence-corrected chi connectivity index (χ4v) is 6.55. The quantitative estimate of drug-likeness (QED) is 0.295. The maximum absolute atomic E-state index is 12.5. The molecule has 150 valence electrons. The molecule has 27 heavy (non-hydrogen) atoms. The Morgan fingerprint density at radius 1 is 0.963 bits per heavy atom. The molecular weight excluding hydrogens is 372 g/mol. The van der Waals surface area contributed by atoms with Crippen LogP contribution in [-0.2, 0) is 11.2 Å². The lowest BCUT2D eigenvalue weighted by molar-refractivity contribution is 0.0166. The Hall–Kier alpha value is -0.870. The van der Waals surface area contributed by atoms with Gasteiger partial charge in [-0.25, -0.2) is 4.79 Å². The van der Waals surface area contributed by atoms with Crippen LogP contribution < -0.4 is 0 Å². The number of hydrogen-bond acceptors (Lipinski definition) is 4. The molecule has 0 atom stereocenters. The molecule has 1 fully saturated rings. The molecule has 0 amide bonds. The van der Waals surface area contributed by atoms with E-state index in [2.05, 4.69) is 19.9 Å². The highest BCUT2D eigenvalue weighted by Crippen LogP contribution is 2.35. The summed E-state index contributed by atoms with van der Waals surface area (Å²) in [5, 5.41) is 0. The van der Waals surface area contributed by atoms with Crippen LogP contribution in [0.5, 0.6) is 0 Å². The average Bonchev–Trinajstić information content (AvgIpc) is 3.22. The molecule has 1 saturated carbocycles. The Morgan fingerprint density at radius 2 is 1.70 bits per heavy atom. The molecule has 0 aromatic carbocycles. The predicted molar refractivity (Wildman–Crippen MR) is 118 cm³/mol. The molecule has 0 bridgehead atoms. The van der Waals surface area contributed by atoms with Crippen LogP contribution >= 0.6 is 22.7 Å². The minimum atomic E-state index is -0.108. The highest BCUT2D eigenvalue weighted by molar-refractivity contribution is 7.28. The first-order chi connectivity index (χ1) is 13.2. The van der Waals surface area contributed by atoms with E-state index in [0.717, 1.165) is 30.1 Å². The molecule has 2 heterocycles. The largest absolute Gasteiger partial charge is 0.458 e. The van der Waals surface area contributed by atoms with Crippen molar-refractivity contribution in [1.82, 2.24) is 0 Å². The standard InChI is InChI=1S/C23H34O2S2/c1-3-5-6-7-8-10-17-11-13-18(14-12-17)25-23(24)22-16-21-20(27-22)15-19(26-21)9-4-2/h15-18H,3-14H2,1-2H3/t17-,18-. The summed E-state index contributed by atoms with van der Waals surface area (Å²) in [6.45, 7) is 4.48. The monoisotopic (exact) mass is 406 g/mol. The minimum Gasteiger partial charge on any atom is -0.458 e. The molecule has 0 saturated heterocycles. The smallest absolute Gasteiger partial charge is 0.348 e. The number of thiophene rings is 2. The van der Waals surface area contributed by atoms with Gasteiger partial charge >= 0.3 is 5.97 Å². The molecule has 0 spiro atoms. The van der Waals surface area contributed by atoms with Gasteiger partial charge in [0.25, 0.3) is 0 Å². The van der Waals surface area contributed by atoms with Gasteiger partial charge in [0.1, 0.15) is 11.0 Å². The van der Waals surface area contributed by atoms with E-state index in [9.17, 15) is 4.79 Å². The second-order valence-electron chi connectivity index (χ2n) is 8.05. The summed E-state index contributed by atoms with van der Waals surface area (Å²) < 4.78 is 8.31. The van der Waals surface area contributed by atoms with Gasteiger partial charge in [0.05, 0.1) is 0 Å². The van der Waals surface area contributed by atoms with E-state index in [-0.39, 0.29) is 12.1 Å². The van der Waals surface area contributed by atoms with Gasteiger partial charge < -0.3 is 4.74 Å². The lowest BCUT2D eigenvalue weighted by Crippen LogP contribution is -2.24. The van der Waals surface area contributed by atoms with E-state index in [1.54, 1.807) is 11.3 Å². The molecule has 0 N–H and O–H groups in total. The van der Waals surface area contributed by atoms with Gasteiger partial charge in [-0.1, -0.05) is 58.8 Å². The summed E-state index contributed by atoms with van der Waals surface area (Å²) in [6, 6.07) is 4.28. The normalized spacial score (nSPS) is 20.2. The highest BCUT2D eigenvalue weighted by Gasteiger charge is 2.25. The summed E-state index contributed by atoms with van der Waals surface area (Å²) >= 11 is 3.42. The van der Waals surface area contributed by atoms with Crippen LogP contribution in [0.15, 0.2) is 12.1 Å². The molecule has 1 aliphatic carbocycles. The van der Waals surface area contributed by atoms with Crippen molar-refractivity contribution in [2.24, 2.45) is 5.92 Å². The van der Waals surface area contributed by atoms with Gasteiger partial charge in [-0.2, -0.15) is 0 Å². The van der Waals surface area contributed by atoms with E-state index >= 15 is 0 Å². The molecule has 2 aromatic heterocycles. The fourth-order valence-electron chi connectivity index (χ4n) is 4.14. The van der Waals surface area contributed by atoms with Crippen molar-refractivity contribution in [2.75, 3.05) is 0 Å². The number of hydrogen-bond donors (Lipinski definition) is 0. The second-order valence-corrected chi connectivity index (χ2v) is 10.3. The summed E-state index contributed by atoms with van der Waals surface area (Å²) in [4.78, 5) is 14.7. The number of unbranched alkanes of at least 4 members (excludes halogenated alkanes) is 4. The molecule has 1 aliphatic rings. The van der Waals surface area contributed by atoms with Crippen molar-refractivity contribution in [2.45, 2.75) is 97.0 Å². The van der Waals surface area contributed by atoms with Crippen LogP contribution in [-0.4, -0.2) is 12.1 Å². The van der Waals surface area contributed by atoms with Gasteiger partial charge in [0.2, 0.25) is 0 Å². The SMILES string of the molecule is CCCCCCC[C@H]1CC[C@H](OC(=O)c2cc3sc(CCC)cc3s2)CC1. The number of carbonyl (C=O) groups excluding carboxylic acids is 1. The Bertz CT molecular complexity index is 676. The van der Waals surface area contributed by atoms with Gasteiger partial charge in [-0.15, -0.1) is 22.7 Å². The summed E-state index contributed by atoms with van der Waals surface area (Å²) in [6.07, 6.45) is 15.2. The van der Waals surface area contributed by atoms with E-state index in [1.165, 1.54) is 72.1 Å². The van der Waals surface area contributed by atoms with Crippen molar-refractivity contribution in [3.8, 4) is 0 Å². The van der Waals surface area contributed by atoms with Crippen molar-refractivity contribution in [3.63, 3.8) is 0 Å². The Balaban J connectivity index is 1.41. The predicted octanol–water partition coefficient (Wildman–Crippen LogP) is 7.99. The zero-order valence-corrected chi connectivity index (χ0v) is 18.6. The lowest BCUT2D eigenvalue weighted by Gasteiger charge is -2.28. The first-order valence-corrected chi connectivity index (χ1v) is 12.6. The minimum absolute atomic E-state index is 0.108. The van der Waals surface area contributed by atoms with Crippen molar-refractivity contribution >= 4 is 38.0 Å². The second kappa shape index (κ2) is 10.6. The van der Waals surface area contributed by atoms with Gasteiger partial charge in [-0.3, -0.25) is 0 Å². The fraction of sp³-hybridized carbons (Fsp3) is 0.696. The topological polar surface area (TPSA) is 26.3 Å². The van der Waals surface area contributed by atoms with Crippen molar-refractivity contribution in [3.05, 3.63) is 21.9 Å². The van der Waals surface area contributed by atoms with Crippen LogP contribution in [0.4, 0.5) is 0 Å². The van der Waals surface area contributed by atoms with Gasteiger partial charge in [0, 0.05) is 14.3 Å². The molecule has 0 aliphatic heterocycles. The number of ether oxygens (including phenoxy) is 1. The Kier molecular flexibility index (Phi) is 8.20. The Morgan fingerprint density at radius 3 is 2.41 bits per heavy atom. The molecule has 2 aromatic rings. The van der Waals surface area contributed by atoms with Crippen LogP contribution in [0.2, 0.25) is 0 Å². The summed E-state index contributed by atoms with van der Waals surface area (Å²) in [5.74, 6) is 0.745. The number of carbonyl (C=O) groups is 1. The third-order valence-corrected chi connectivity index (χ3v) is 8.07. The number of esters is 1. The first kappa shape index (κ1) is 20.9. The van der Waals surface area contributed by atoms with Crippen molar-refractivity contribution < 1.29 is 9.53 Å². The lowest BCUT2D eigenvalue weighted by atomic mass is 9.84. The molecule has 0 radical (unpaired) electrons. The summed E-state index contributed by atoms with van der Waals surface area (Å²) in [7, 11) is 0. The number of fused-ring (bicyclic) bond motifs is 1. The van der Waals surface area contributed by atoms with E-state index < -0.39 is 0 Å². The van der Waals surface area contributed by atoms with Crippen LogP contribution in [0.25, 0.3) is 9.40 Å². The zero-order chi connectivity index (χ0) is 19.1. The van der Waals surface area contributed by atoms with E-state index in [4.69, 9.17) is 4.74 Å².